The van der Waals surface area contributed by atoms with E-state index >= 15 is 0 Å². The number of rotatable bonds is 3. The Morgan fingerprint density at radius 3 is 2.36 bits per heavy atom. The Bertz CT molecular complexity index is 728. The van der Waals surface area contributed by atoms with E-state index in [1.807, 2.05) is 25.7 Å². The molecule has 0 N–H and O–H groups in total. The molecule has 0 aliphatic carbocycles. The first-order valence-corrected chi connectivity index (χ1v) is 8.39. The Morgan fingerprint density at radius 2 is 1.76 bits per heavy atom. The van der Waals surface area contributed by atoms with Crippen LogP contribution in [-0.4, -0.2) is 62.1 Å². The highest BCUT2D eigenvalue weighted by Crippen LogP contribution is 2.19. The summed E-state index contributed by atoms with van der Waals surface area (Å²) in [7, 11) is 0. The standard InChI is InChI=1S/C17H23FN6O/c1-17(2,3)16(25)23-10-8-22(9-11-23)12-15-19-20-21-24(15)14-6-4-13(18)5-7-14/h4-7H,8-12H2,1-3H3. The van der Waals surface area contributed by atoms with E-state index in [1.54, 1.807) is 16.8 Å². The van der Waals surface area contributed by atoms with Crippen LogP contribution in [0.4, 0.5) is 4.39 Å². The molecule has 1 saturated heterocycles. The molecule has 1 fully saturated rings. The van der Waals surface area contributed by atoms with Crippen LogP contribution < -0.4 is 0 Å². The number of benzene rings is 1. The summed E-state index contributed by atoms with van der Waals surface area (Å²) in [5.41, 5.74) is 0.373. The van der Waals surface area contributed by atoms with Gasteiger partial charge in [-0.05, 0) is 34.7 Å². The van der Waals surface area contributed by atoms with Crippen molar-refractivity contribution in [3.05, 3.63) is 35.9 Å². The minimum atomic E-state index is -0.352. The predicted molar refractivity (Wildman–Crippen MR) is 90.4 cm³/mol. The Balaban J connectivity index is 1.63. The first-order valence-electron chi connectivity index (χ1n) is 8.39. The van der Waals surface area contributed by atoms with E-state index in [4.69, 9.17) is 0 Å². The van der Waals surface area contributed by atoms with Gasteiger partial charge in [-0.15, -0.1) is 5.10 Å². The molecule has 1 aliphatic heterocycles. The van der Waals surface area contributed by atoms with Crippen LogP contribution >= 0.6 is 0 Å². The zero-order valence-electron chi connectivity index (χ0n) is 14.8. The lowest BCUT2D eigenvalue weighted by molar-refractivity contribution is -0.141. The molecule has 0 radical (unpaired) electrons. The molecule has 0 unspecified atom stereocenters. The maximum atomic E-state index is 13.1. The van der Waals surface area contributed by atoms with Crippen molar-refractivity contribution in [3.63, 3.8) is 0 Å². The van der Waals surface area contributed by atoms with Crippen molar-refractivity contribution in [2.45, 2.75) is 27.3 Å². The summed E-state index contributed by atoms with van der Waals surface area (Å²) in [6.07, 6.45) is 0. The number of nitrogens with zero attached hydrogens (tertiary/aromatic N) is 6. The fraction of sp³-hybridized carbons (Fsp3) is 0.529. The van der Waals surface area contributed by atoms with Gasteiger partial charge in [0.15, 0.2) is 5.82 Å². The largest absolute Gasteiger partial charge is 0.340 e. The second-order valence-electron chi connectivity index (χ2n) is 7.30. The van der Waals surface area contributed by atoms with Gasteiger partial charge in [-0.3, -0.25) is 9.69 Å². The Hall–Kier alpha value is -2.35. The molecular formula is C17H23FN6O. The summed E-state index contributed by atoms with van der Waals surface area (Å²) in [6, 6.07) is 6.07. The van der Waals surface area contributed by atoms with Crippen LogP contribution in [0.3, 0.4) is 0 Å². The number of piperazine rings is 1. The van der Waals surface area contributed by atoms with Crippen LogP contribution in [0.25, 0.3) is 5.69 Å². The molecule has 3 rings (SSSR count). The van der Waals surface area contributed by atoms with Crippen molar-refractivity contribution in [2.75, 3.05) is 26.2 Å². The average molecular weight is 346 g/mol. The van der Waals surface area contributed by atoms with Crippen molar-refractivity contribution < 1.29 is 9.18 Å². The van der Waals surface area contributed by atoms with E-state index in [-0.39, 0.29) is 17.1 Å². The molecule has 1 aromatic heterocycles. The van der Waals surface area contributed by atoms with Gasteiger partial charge in [0, 0.05) is 31.6 Å². The predicted octanol–water partition coefficient (Wildman–Crippen LogP) is 1.49. The van der Waals surface area contributed by atoms with E-state index < -0.39 is 0 Å². The number of halogens is 1. The smallest absolute Gasteiger partial charge is 0.228 e. The molecule has 7 nitrogen and oxygen atoms in total. The Labute approximate surface area is 146 Å². The molecule has 25 heavy (non-hydrogen) atoms. The summed E-state index contributed by atoms with van der Waals surface area (Å²) in [5.74, 6) is 0.587. The number of hydrogen-bond donors (Lipinski definition) is 0. The average Bonchev–Trinajstić information content (AvgIpc) is 3.03. The number of amides is 1. The summed E-state index contributed by atoms with van der Waals surface area (Å²) < 4.78 is 14.7. The monoisotopic (exact) mass is 346 g/mol. The van der Waals surface area contributed by atoms with Crippen LogP contribution in [0.1, 0.15) is 26.6 Å². The first-order chi connectivity index (χ1) is 11.8. The molecule has 0 bridgehead atoms. The number of tetrazole rings is 1. The zero-order valence-corrected chi connectivity index (χ0v) is 14.8. The van der Waals surface area contributed by atoms with E-state index in [9.17, 15) is 9.18 Å². The molecule has 1 aliphatic rings. The number of hydrogen-bond acceptors (Lipinski definition) is 5. The highest BCUT2D eigenvalue weighted by atomic mass is 19.1. The second kappa shape index (κ2) is 6.87. The summed E-state index contributed by atoms with van der Waals surface area (Å²) in [4.78, 5) is 16.5. The van der Waals surface area contributed by atoms with Gasteiger partial charge >= 0.3 is 0 Å². The Kier molecular flexibility index (Phi) is 4.80. The number of aromatic nitrogens is 4. The number of carbonyl (C=O) groups is 1. The second-order valence-corrected chi connectivity index (χ2v) is 7.30. The van der Waals surface area contributed by atoms with Crippen LogP contribution in [0.5, 0.6) is 0 Å². The first kappa shape index (κ1) is 17.5. The van der Waals surface area contributed by atoms with Gasteiger partial charge in [0.1, 0.15) is 5.82 Å². The molecule has 134 valence electrons. The third kappa shape index (κ3) is 4.01. The van der Waals surface area contributed by atoms with Crippen molar-refractivity contribution >= 4 is 5.91 Å². The normalized spacial score (nSPS) is 16.2. The van der Waals surface area contributed by atoms with Gasteiger partial charge in [0.05, 0.1) is 12.2 Å². The highest BCUT2D eigenvalue weighted by Gasteiger charge is 2.30. The highest BCUT2D eigenvalue weighted by molar-refractivity contribution is 5.81. The van der Waals surface area contributed by atoms with Crippen LogP contribution in [-0.2, 0) is 11.3 Å². The quantitative estimate of drug-likeness (QED) is 0.842. The Morgan fingerprint density at radius 1 is 1.12 bits per heavy atom. The maximum Gasteiger partial charge on any atom is 0.228 e. The fourth-order valence-electron chi connectivity index (χ4n) is 2.87. The molecule has 2 heterocycles. The third-order valence-electron chi connectivity index (χ3n) is 4.27. The van der Waals surface area contributed by atoms with E-state index in [1.165, 1.54) is 12.1 Å². The topological polar surface area (TPSA) is 67.2 Å². The minimum absolute atomic E-state index is 0.184. The van der Waals surface area contributed by atoms with Crippen molar-refractivity contribution in [2.24, 2.45) is 5.41 Å². The van der Waals surface area contributed by atoms with Gasteiger partial charge in [-0.2, -0.15) is 4.68 Å². The van der Waals surface area contributed by atoms with Crippen LogP contribution in [0, 0.1) is 11.2 Å². The molecule has 0 spiro atoms. The lowest BCUT2D eigenvalue weighted by Gasteiger charge is -2.37. The minimum Gasteiger partial charge on any atom is -0.340 e. The van der Waals surface area contributed by atoms with Crippen LogP contribution in [0.15, 0.2) is 24.3 Å². The number of carbonyl (C=O) groups excluding carboxylic acids is 1. The van der Waals surface area contributed by atoms with Gasteiger partial charge in [-0.25, -0.2) is 4.39 Å². The summed E-state index contributed by atoms with van der Waals surface area (Å²) in [6.45, 7) is 9.37. The van der Waals surface area contributed by atoms with Gasteiger partial charge in [0.2, 0.25) is 5.91 Å². The van der Waals surface area contributed by atoms with Gasteiger partial charge < -0.3 is 4.90 Å². The van der Waals surface area contributed by atoms with Crippen molar-refractivity contribution in [1.29, 1.82) is 0 Å². The lowest BCUT2D eigenvalue weighted by Crippen LogP contribution is -2.51. The zero-order chi connectivity index (χ0) is 18.0. The van der Waals surface area contributed by atoms with Crippen LogP contribution in [0.2, 0.25) is 0 Å². The van der Waals surface area contributed by atoms with Crippen molar-refractivity contribution in [3.8, 4) is 5.69 Å². The van der Waals surface area contributed by atoms with E-state index in [2.05, 4.69) is 20.4 Å². The fourth-order valence-corrected chi connectivity index (χ4v) is 2.87. The van der Waals surface area contributed by atoms with Crippen molar-refractivity contribution in [1.82, 2.24) is 30.0 Å². The molecule has 0 saturated carbocycles. The van der Waals surface area contributed by atoms with Gasteiger partial charge in [0.25, 0.3) is 0 Å². The molecule has 2 aromatic rings. The summed E-state index contributed by atoms with van der Waals surface area (Å²) in [5, 5.41) is 11.8. The summed E-state index contributed by atoms with van der Waals surface area (Å²) >= 11 is 0. The third-order valence-corrected chi connectivity index (χ3v) is 4.27. The van der Waals surface area contributed by atoms with Gasteiger partial charge in [-0.1, -0.05) is 20.8 Å². The molecule has 0 atom stereocenters. The SMILES string of the molecule is CC(C)(C)C(=O)N1CCN(Cc2nnnn2-c2ccc(F)cc2)CC1. The molecular weight excluding hydrogens is 323 g/mol. The molecule has 8 heteroatoms. The maximum absolute atomic E-state index is 13.1. The lowest BCUT2D eigenvalue weighted by atomic mass is 9.94. The van der Waals surface area contributed by atoms with E-state index in [0.29, 0.717) is 25.5 Å². The molecule has 1 aromatic carbocycles. The molecule has 1 amide bonds. The van der Waals surface area contributed by atoms with E-state index in [0.717, 1.165) is 18.8 Å².